The molecule has 1 aliphatic rings. The summed E-state index contributed by atoms with van der Waals surface area (Å²) in [7, 11) is -2.73. The van der Waals surface area contributed by atoms with Gasteiger partial charge in [0.1, 0.15) is 5.52 Å². The Morgan fingerprint density at radius 3 is 2.59 bits per heavy atom. The van der Waals surface area contributed by atoms with Crippen LogP contribution in [0.5, 0.6) is 0 Å². The summed E-state index contributed by atoms with van der Waals surface area (Å²) < 4.78 is 21.8. The lowest BCUT2D eigenvalue weighted by Crippen LogP contribution is -2.34. The second-order valence-electron chi connectivity index (χ2n) is 8.40. The van der Waals surface area contributed by atoms with Gasteiger partial charge in [-0.15, -0.1) is 0 Å². The topological polar surface area (TPSA) is 104 Å². The molecule has 0 bridgehead atoms. The number of hydrogen-bond donors (Lipinski definition) is 2. The van der Waals surface area contributed by atoms with Crippen molar-refractivity contribution < 1.29 is 4.21 Å². The first-order valence-electron chi connectivity index (χ1n) is 10.9. The van der Waals surface area contributed by atoms with Crippen molar-refractivity contribution in [2.75, 3.05) is 25.9 Å². The number of rotatable bonds is 5. The number of nitrogens with one attached hydrogen (secondary N) is 2. The normalized spacial score (nSPS) is 17.6. The number of likely N-dealkylation sites (tertiary alicyclic amines) is 1. The number of piperidine rings is 1. The predicted molar refractivity (Wildman–Crippen MR) is 126 cm³/mol. The lowest BCUT2D eigenvalue weighted by atomic mass is 10.1. The van der Waals surface area contributed by atoms with E-state index in [1.54, 1.807) is 18.3 Å². The quantitative estimate of drug-likeness (QED) is 0.476. The van der Waals surface area contributed by atoms with E-state index in [0.717, 1.165) is 66.0 Å². The lowest BCUT2D eigenvalue weighted by Gasteiger charge is -2.31. The molecule has 1 atom stereocenters. The van der Waals surface area contributed by atoms with Gasteiger partial charge in [0.15, 0.2) is 5.65 Å². The first-order chi connectivity index (χ1) is 15.4. The van der Waals surface area contributed by atoms with Crippen LogP contribution in [0.3, 0.4) is 0 Å². The van der Waals surface area contributed by atoms with Gasteiger partial charge in [0.25, 0.3) is 0 Å². The van der Waals surface area contributed by atoms with Crippen molar-refractivity contribution in [1.29, 1.82) is 4.78 Å². The van der Waals surface area contributed by atoms with E-state index in [9.17, 15) is 4.21 Å². The van der Waals surface area contributed by atoms with Gasteiger partial charge in [0, 0.05) is 53.3 Å². The minimum Gasteiger partial charge on any atom is -0.344 e. The second-order valence-corrected chi connectivity index (χ2v) is 10.6. The Balaban J connectivity index is 1.44. The molecule has 1 fully saturated rings. The summed E-state index contributed by atoms with van der Waals surface area (Å²) in [6.45, 7) is 5.55. The SMILES string of the molecule is CCN1CCC(n2cc(-c3c[nH]c4ncc(-c5ccc([S@](C)(=N)=O)cc5)nc34)cn2)CC1. The fourth-order valence-corrected chi connectivity index (χ4v) is 4.97. The van der Waals surface area contributed by atoms with E-state index in [1.807, 2.05) is 24.5 Å². The van der Waals surface area contributed by atoms with Crippen molar-refractivity contribution >= 4 is 20.9 Å². The average Bonchev–Trinajstić information content (AvgIpc) is 3.45. The average molecular weight is 450 g/mol. The van der Waals surface area contributed by atoms with Crippen LogP contribution in [-0.2, 0) is 9.73 Å². The van der Waals surface area contributed by atoms with E-state index in [4.69, 9.17) is 9.76 Å². The number of H-pyrrole nitrogens is 1. The molecule has 9 heteroatoms. The number of aromatic nitrogens is 5. The molecule has 3 aromatic heterocycles. The van der Waals surface area contributed by atoms with E-state index in [2.05, 4.69) is 37.8 Å². The number of benzene rings is 1. The maximum Gasteiger partial charge on any atom is 0.156 e. The molecule has 0 amide bonds. The van der Waals surface area contributed by atoms with Gasteiger partial charge in [-0.1, -0.05) is 19.1 Å². The standard InChI is InChI=1S/C23H27N7OS/c1-3-29-10-8-18(9-11-29)30-15-17(12-27-30)20-13-25-23-22(20)28-21(14-26-23)16-4-6-19(7-5-16)32(2,24)31/h4-7,12-15,18,24H,3,8-11H2,1-2H3,(H,25,26)/t32-/m1/s1. The summed E-state index contributed by atoms with van der Waals surface area (Å²) in [6, 6.07) is 7.57. The van der Waals surface area contributed by atoms with Crippen LogP contribution in [0.25, 0.3) is 33.5 Å². The van der Waals surface area contributed by atoms with E-state index >= 15 is 0 Å². The van der Waals surface area contributed by atoms with Gasteiger partial charge < -0.3 is 9.88 Å². The summed E-state index contributed by atoms with van der Waals surface area (Å²) in [5.41, 5.74) is 5.13. The highest BCUT2D eigenvalue weighted by Gasteiger charge is 2.21. The maximum absolute atomic E-state index is 11.9. The fourth-order valence-electron chi connectivity index (χ4n) is 4.31. The van der Waals surface area contributed by atoms with Crippen LogP contribution in [0.2, 0.25) is 0 Å². The Hall–Kier alpha value is -3.04. The van der Waals surface area contributed by atoms with E-state index in [1.165, 1.54) is 6.26 Å². The van der Waals surface area contributed by atoms with Gasteiger partial charge >= 0.3 is 0 Å². The largest absolute Gasteiger partial charge is 0.344 e. The van der Waals surface area contributed by atoms with Gasteiger partial charge in [-0.25, -0.2) is 19.0 Å². The third kappa shape index (κ3) is 3.93. The van der Waals surface area contributed by atoms with Crippen LogP contribution >= 0.6 is 0 Å². The molecule has 0 unspecified atom stereocenters. The summed E-state index contributed by atoms with van der Waals surface area (Å²) in [5.74, 6) is 0. The fraction of sp³-hybridized carbons (Fsp3) is 0.348. The van der Waals surface area contributed by atoms with Crippen LogP contribution < -0.4 is 0 Å². The first kappa shape index (κ1) is 20.8. The van der Waals surface area contributed by atoms with Gasteiger partial charge in [0.05, 0.1) is 33.9 Å². The minimum atomic E-state index is -2.73. The van der Waals surface area contributed by atoms with Gasteiger partial charge in [0.2, 0.25) is 0 Å². The number of nitrogens with zero attached hydrogens (tertiary/aromatic N) is 5. The molecule has 32 heavy (non-hydrogen) atoms. The summed E-state index contributed by atoms with van der Waals surface area (Å²) in [5, 5.41) is 4.66. The van der Waals surface area contributed by atoms with Gasteiger partial charge in [-0.05, 0) is 31.5 Å². The van der Waals surface area contributed by atoms with Crippen molar-refractivity contribution in [3.8, 4) is 22.4 Å². The highest BCUT2D eigenvalue weighted by Crippen LogP contribution is 2.30. The summed E-state index contributed by atoms with van der Waals surface area (Å²) in [6.07, 6.45) is 11.3. The van der Waals surface area contributed by atoms with Crippen LogP contribution in [0.1, 0.15) is 25.8 Å². The molecule has 5 rings (SSSR count). The Kier molecular flexibility index (Phi) is 5.30. The molecule has 0 spiro atoms. The molecule has 166 valence electrons. The van der Waals surface area contributed by atoms with Crippen molar-refractivity contribution in [2.24, 2.45) is 0 Å². The molecular formula is C23H27N7OS. The molecule has 1 aliphatic heterocycles. The van der Waals surface area contributed by atoms with Gasteiger partial charge in [-0.3, -0.25) is 4.68 Å². The zero-order chi connectivity index (χ0) is 22.3. The van der Waals surface area contributed by atoms with Crippen molar-refractivity contribution in [3.05, 3.63) is 49.1 Å². The Bertz CT molecular complexity index is 1350. The number of aromatic amines is 1. The monoisotopic (exact) mass is 449 g/mol. The minimum absolute atomic E-state index is 0.433. The molecule has 0 radical (unpaired) electrons. The van der Waals surface area contributed by atoms with Crippen LogP contribution in [0.15, 0.2) is 53.9 Å². The maximum atomic E-state index is 11.9. The highest BCUT2D eigenvalue weighted by atomic mass is 32.2. The Labute approximate surface area is 187 Å². The van der Waals surface area contributed by atoms with E-state index < -0.39 is 9.73 Å². The van der Waals surface area contributed by atoms with Gasteiger partial charge in [-0.2, -0.15) is 5.10 Å². The lowest BCUT2D eigenvalue weighted by molar-refractivity contribution is 0.187. The predicted octanol–water partition coefficient (Wildman–Crippen LogP) is 4.18. The van der Waals surface area contributed by atoms with E-state index in [-0.39, 0.29) is 0 Å². The molecule has 8 nitrogen and oxygen atoms in total. The molecule has 0 saturated carbocycles. The zero-order valence-corrected chi connectivity index (χ0v) is 19.1. The second kappa shape index (κ2) is 8.14. The third-order valence-corrected chi connectivity index (χ3v) is 7.44. The molecule has 4 heterocycles. The van der Waals surface area contributed by atoms with Crippen molar-refractivity contribution in [2.45, 2.75) is 30.7 Å². The molecule has 0 aliphatic carbocycles. The highest BCUT2D eigenvalue weighted by molar-refractivity contribution is 7.91. The Morgan fingerprint density at radius 1 is 1.16 bits per heavy atom. The number of fused-ring (bicyclic) bond motifs is 1. The smallest absolute Gasteiger partial charge is 0.156 e. The van der Waals surface area contributed by atoms with Crippen LogP contribution in [-0.4, -0.2) is 59.7 Å². The molecule has 1 saturated heterocycles. The third-order valence-electron chi connectivity index (χ3n) is 6.27. The van der Waals surface area contributed by atoms with E-state index in [0.29, 0.717) is 10.9 Å². The molecule has 4 aromatic rings. The summed E-state index contributed by atoms with van der Waals surface area (Å²) in [4.78, 5) is 15.6. The molecule has 1 aromatic carbocycles. The zero-order valence-electron chi connectivity index (χ0n) is 18.3. The summed E-state index contributed by atoms with van der Waals surface area (Å²) >= 11 is 0. The van der Waals surface area contributed by atoms with Crippen LogP contribution in [0.4, 0.5) is 0 Å². The number of hydrogen-bond acceptors (Lipinski definition) is 6. The first-order valence-corrected chi connectivity index (χ1v) is 12.8. The molecular weight excluding hydrogens is 422 g/mol. The Morgan fingerprint density at radius 2 is 1.91 bits per heavy atom. The van der Waals surface area contributed by atoms with Crippen molar-refractivity contribution in [1.82, 2.24) is 29.6 Å². The van der Waals surface area contributed by atoms with Crippen LogP contribution in [0, 0.1) is 4.78 Å². The molecule has 2 N–H and O–H groups in total. The van der Waals surface area contributed by atoms with Crippen molar-refractivity contribution in [3.63, 3.8) is 0 Å².